The van der Waals surface area contributed by atoms with Gasteiger partial charge in [-0.2, -0.15) is 0 Å². The summed E-state index contributed by atoms with van der Waals surface area (Å²) in [5.41, 5.74) is 1.32. The molecule has 0 unspecified atom stereocenters. The molecule has 4 rings (SSSR count). The highest BCUT2D eigenvalue weighted by atomic mass is 19.1. The van der Waals surface area contributed by atoms with Crippen LogP contribution in [0.3, 0.4) is 0 Å². The fourth-order valence-corrected chi connectivity index (χ4v) is 3.54. The Morgan fingerprint density at radius 1 is 0.812 bits per heavy atom. The van der Waals surface area contributed by atoms with Crippen LogP contribution >= 0.6 is 0 Å². The molecule has 0 atom stereocenters. The summed E-state index contributed by atoms with van der Waals surface area (Å²) in [5.74, 6) is 0.776. The van der Waals surface area contributed by atoms with Gasteiger partial charge in [-0.1, -0.05) is 67.9 Å². The molecule has 0 radical (unpaired) electrons. The Morgan fingerprint density at radius 2 is 1.34 bits per heavy atom. The maximum atomic E-state index is 11.9. The van der Waals surface area contributed by atoms with Crippen LogP contribution in [0, 0.1) is 18.7 Å². The minimum atomic E-state index is -0.178. The number of halogens is 1. The molecule has 1 amide bonds. The largest absolute Gasteiger partial charge is 0.342 e. The first-order valence-corrected chi connectivity index (χ1v) is 12.0. The lowest BCUT2D eigenvalue weighted by molar-refractivity contribution is -0.128. The Bertz CT molecular complexity index is 675. The molecule has 2 fully saturated rings. The van der Waals surface area contributed by atoms with Crippen LogP contribution in [0.15, 0.2) is 60.7 Å². The highest BCUT2D eigenvalue weighted by molar-refractivity contribution is 5.78. The smallest absolute Gasteiger partial charge is 0.222 e. The van der Waals surface area contributed by atoms with E-state index in [-0.39, 0.29) is 5.82 Å². The SMILES string of the molecule is CC(C)CN1CCCC1=O.CC(C)N1CCCC1.Cc1ccccc1.Fc1ccccc1. The molecule has 3 nitrogen and oxygen atoms in total. The predicted molar refractivity (Wildman–Crippen MR) is 134 cm³/mol. The molecule has 2 aromatic rings. The zero-order chi connectivity index (χ0) is 23.8. The molecule has 4 heteroatoms. The van der Waals surface area contributed by atoms with Crippen molar-refractivity contribution in [3.63, 3.8) is 0 Å². The molecule has 0 spiro atoms. The standard InChI is InChI=1S/C8H15NO.C7H15N.C7H8.C6H5F/c1-7(2)6-9-5-3-4-8(9)10;1-7(2)8-5-3-4-6-8;1-7-5-3-2-4-6-7;7-6-4-2-1-3-5-6/h7H,3-6H2,1-2H3;7H,3-6H2,1-2H3;2-6H,1H3;1-5H. The second-order valence-corrected chi connectivity index (χ2v) is 9.12. The van der Waals surface area contributed by atoms with Gasteiger partial charge in [0.1, 0.15) is 5.82 Å². The van der Waals surface area contributed by atoms with Crippen LogP contribution in [0.5, 0.6) is 0 Å². The monoisotopic (exact) mass is 442 g/mol. The van der Waals surface area contributed by atoms with Crippen molar-refractivity contribution >= 4 is 5.91 Å². The van der Waals surface area contributed by atoms with Gasteiger partial charge in [0, 0.05) is 25.6 Å². The zero-order valence-corrected chi connectivity index (χ0v) is 20.8. The van der Waals surface area contributed by atoms with Gasteiger partial charge in [-0.05, 0) is 71.2 Å². The van der Waals surface area contributed by atoms with Crippen molar-refractivity contribution in [2.24, 2.45) is 5.92 Å². The molecule has 2 aromatic carbocycles. The summed E-state index contributed by atoms with van der Waals surface area (Å²) in [5, 5.41) is 0. The van der Waals surface area contributed by atoms with Gasteiger partial charge in [-0.25, -0.2) is 4.39 Å². The normalized spacial score (nSPS) is 15.5. The molecule has 0 aromatic heterocycles. The van der Waals surface area contributed by atoms with E-state index >= 15 is 0 Å². The number of rotatable bonds is 3. The lowest BCUT2D eigenvalue weighted by Gasteiger charge is -2.18. The van der Waals surface area contributed by atoms with Gasteiger partial charge in [-0.15, -0.1) is 0 Å². The highest BCUT2D eigenvalue weighted by Gasteiger charge is 2.19. The first-order valence-electron chi connectivity index (χ1n) is 12.0. The van der Waals surface area contributed by atoms with E-state index in [1.54, 1.807) is 18.2 Å². The lowest BCUT2D eigenvalue weighted by Crippen LogP contribution is -2.28. The second-order valence-electron chi connectivity index (χ2n) is 9.12. The molecule has 178 valence electrons. The first kappa shape index (κ1) is 27.8. The van der Waals surface area contributed by atoms with Crippen molar-refractivity contribution in [1.29, 1.82) is 0 Å². The molecular weight excluding hydrogens is 399 g/mol. The van der Waals surface area contributed by atoms with Gasteiger partial charge in [-0.3, -0.25) is 4.79 Å². The number of carbonyl (C=O) groups is 1. The molecule has 2 heterocycles. The number of nitrogens with zero attached hydrogens (tertiary/aromatic N) is 2. The first-order chi connectivity index (χ1) is 15.3. The van der Waals surface area contributed by atoms with Crippen molar-refractivity contribution in [2.75, 3.05) is 26.2 Å². The Balaban J connectivity index is 0.000000216. The zero-order valence-electron chi connectivity index (χ0n) is 20.8. The highest BCUT2D eigenvalue weighted by Crippen LogP contribution is 2.11. The molecular formula is C28H43FN2O. The number of hydrogen-bond acceptors (Lipinski definition) is 2. The summed E-state index contributed by atoms with van der Waals surface area (Å²) in [6, 6.07) is 19.0. The number of carbonyl (C=O) groups excluding carboxylic acids is 1. The van der Waals surface area contributed by atoms with E-state index in [0.29, 0.717) is 11.8 Å². The van der Waals surface area contributed by atoms with Gasteiger partial charge < -0.3 is 9.80 Å². The Kier molecular flexibility index (Phi) is 14.3. The minimum Gasteiger partial charge on any atom is -0.342 e. The topological polar surface area (TPSA) is 23.6 Å². The number of likely N-dealkylation sites (tertiary alicyclic amines) is 2. The van der Waals surface area contributed by atoms with E-state index in [1.165, 1.54) is 43.6 Å². The molecule has 0 bridgehead atoms. The van der Waals surface area contributed by atoms with Gasteiger partial charge in [0.05, 0.1) is 0 Å². The Hall–Kier alpha value is -2.20. The predicted octanol–water partition coefficient (Wildman–Crippen LogP) is 6.58. The third-order valence-corrected chi connectivity index (χ3v) is 5.30. The molecule has 0 saturated carbocycles. The van der Waals surface area contributed by atoms with E-state index in [0.717, 1.165) is 32.0 Å². The molecule has 32 heavy (non-hydrogen) atoms. The Morgan fingerprint density at radius 3 is 1.62 bits per heavy atom. The van der Waals surface area contributed by atoms with E-state index < -0.39 is 0 Å². The van der Waals surface area contributed by atoms with Crippen LogP contribution < -0.4 is 0 Å². The number of benzene rings is 2. The summed E-state index contributed by atoms with van der Waals surface area (Å²) in [4.78, 5) is 15.5. The summed E-state index contributed by atoms with van der Waals surface area (Å²) in [6.07, 6.45) is 4.66. The van der Waals surface area contributed by atoms with Crippen LogP contribution in [0.2, 0.25) is 0 Å². The minimum absolute atomic E-state index is 0.178. The molecule has 2 saturated heterocycles. The third-order valence-electron chi connectivity index (χ3n) is 5.30. The van der Waals surface area contributed by atoms with Gasteiger partial charge in [0.15, 0.2) is 0 Å². The van der Waals surface area contributed by atoms with Gasteiger partial charge in [0.2, 0.25) is 5.91 Å². The van der Waals surface area contributed by atoms with E-state index in [4.69, 9.17) is 0 Å². The summed E-state index contributed by atoms with van der Waals surface area (Å²) in [7, 11) is 0. The average Bonchev–Trinajstić information content (AvgIpc) is 3.43. The lowest BCUT2D eigenvalue weighted by atomic mass is 10.2. The second kappa shape index (κ2) is 16.4. The fraction of sp³-hybridized carbons (Fsp3) is 0.536. The third kappa shape index (κ3) is 13.3. The molecule has 0 N–H and O–H groups in total. The Labute approximate surface area is 195 Å². The van der Waals surface area contributed by atoms with Crippen LogP contribution in [0.4, 0.5) is 4.39 Å². The van der Waals surface area contributed by atoms with Gasteiger partial charge >= 0.3 is 0 Å². The maximum absolute atomic E-state index is 11.9. The van der Waals surface area contributed by atoms with Crippen molar-refractivity contribution in [3.05, 3.63) is 72.0 Å². The fourth-order valence-electron chi connectivity index (χ4n) is 3.54. The quantitative estimate of drug-likeness (QED) is 0.536. The van der Waals surface area contributed by atoms with Crippen LogP contribution in [-0.2, 0) is 4.79 Å². The number of aryl methyl sites for hydroxylation is 1. The van der Waals surface area contributed by atoms with Crippen molar-refractivity contribution in [1.82, 2.24) is 9.80 Å². The van der Waals surface area contributed by atoms with Crippen LogP contribution in [-0.4, -0.2) is 47.9 Å². The van der Waals surface area contributed by atoms with E-state index in [2.05, 4.69) is 51.7 Å². The molecule has 2 aliphatic rings. The number of amides is 1. The summed E-state index contributed by atoms with van der Waals surface area (Å²) in [6.45, 7) is 15.5. The average molecular weight is 443 g/mol. The molecule has 2 aliphatic heterocycles. The van der Waals surface area contributed by atoms with Crippen molar-refractivity contribution in [3.8, 4) is 0 Å². The number of hydrogen-bond donors (Lipinski definition) is 0. The van der Waals surface area contributed by atoms with Crippen molar-refractivity contribution in [2.45, 2.75) is 66.3 Å². The summed E-state index contributed by atoms with van der Waals surface area (Å²) >= 11 is 0. The maximum Gasteiger partial charge on any atom is 0.222 e. The van der Waals surface area contributed by atoms with E-state index in [9.17, 15) is 9.18 Å². The molecule has 0 aliphatic carbocycles. The van der Waals surface area contributed by atoms with Gasteiger partial charge in [0.25, 0.3) is 0 Å². The van der Waals surface area contributed by atoms with Crippen LogP contribution in [0.25, 0.3) is 0 Å². The van der Waals surface area contributed by atoms with Crippen LogP contribution in [0.1, 0.15) is 58.9 Å². The van der Waals surface area contributed by atoms with E-state index in [1.807, 2.05) is 23.1 Å². The van der Waals surface area contributed by atoms with Crippen molar-refractivity contribution < 1.29 is 9.18 Å². The summed E-state index contributed by atoms with van der Waals surface area (Å²) < 4.78 is 11.9.